The summed E-state index contributed by atoms with van der Waals surface area (Å²) in [7, 11) is -2.97. The van der Waals surface area contributed by atoms with Crippen LogP contribution in [0.2, 0.25) is 0 Å². The summed E-state index contributed by atoms with van der Waals surface area (Å²) in [6, 6.07) is 6.14. The van der Waals surface area contributed by atoms with Crippen LogP contribution >= 0.6 is 0 Å². The molecular formula is C11H8N2O4S. The molecule has 0 amide bonds. The Morgan fingerprint density at radius 1 is 1.22 bits per heavy atom. The van der Waals surface area contributed by atoms with Crippen molar-refractivity contribution in [3.63, 3.8) is 0 Å². The molecule has 0 spiro atoms. The fourth-order valence-electron chi connectivity index (χ4n) is 1.67. The maximum absolute atomic E-state index is 11.8. The van der Waals surface area contributed by atoms with Gasteiger partial charge in [-0.25, -0.2) is 0 Å². The van der Waals surface area contributed by atoms with Crippen LogP contribution in [-0.4, -0.2) is 31.8 Å². The summed E-state index contributed by atoms with van der Waals surface area (Å²) in [5.74, 6) is -0.539. The number of hydrogen-bond donors (Lipinski definition) is 0. The van der Waals surface area contributed by atoms with Crippen LogP contribution in [0.15, 0.2) is 30.3 Å². The van der Waals surface area contributed by atoms with E-state index in [1.165, 1.54) is 12.1 Å². The zero-order valence-electron chi connectivity index (χ0n) is 9.32. The number of fused-ring (bicyclic) bond motifs is 1. The number of allylic oxidation sites excluding steroid dienone is 1. The maximum Gasteiger partial charge on any atom is 0.364 e. The normalized spacial score (nSPS) is 14.8. The summed E-state index contributed by atoms with van der Waals surface area (Å²) in [5.41, 5.74) is 8.78. The summed E-state index contributed by atoms with van der Waals surface area (Å²) in [5, 5.41) is 0. The number of rotatable bonds is 2. The van der Waals surface area contributed by atoms with Crippen LogP contribution in [0, 0.1) is 0 Å². The van der Waals surface area contributed by atoms with E-state index in [-0.39, 0.29) is 21.7 Å². The van der Waals surface area contributed by atoms with Gasteiger partial charge in [-0.2, -0.15) is 13.2 Å². The standard InChI is InChI=1S/C11H8N2O4S/c1-17-18(15,16)10-6-9(13-12)11(14)8-5-3-2-4-7(8)10/h2-6H,1H3. The lowest BCUT2D eigenvalue weighted by Crippen LogP contribution is -2.22. The van der Waals surface area contributed by atoms with Crippen LogP contribution in [0.5, 0.6) is 0 Å². The average Bonchev–Trinajstić information content (AvgIpc) is 2.39. The lowest BCUT2D eigenvalue weighted by molar-refractivity contribution is -0.00437. The first-order valence-corrected chi connectivity index (χ1v) is 6.30. The number of benzene rings is 1. The first-order chi connectivity index (χ1) is 8.51. The van der Waals surface area contributed by atoms with Crippen molar-refractivity contribution in [2.45, 2.75) is 0 Å². The third-order valence-electron chi connectivity index (χ3n) is 2.53. The van der Waals surface area contributed by atoms with Crippen LogP contribution in [0.25, 0.3) is 10.4 Å². The minimum absolute atomic E-state index is 0.156. The summed E-state index contributed by atoms with van der Waals surface area (Å²) in [6.07, 6.45) is 0.990. The van der Waals surface area contributed by atoms with Gasteiger partial charge in [0, 0.05) is 11.1 Å². The molecule has 0 fully saturated rings. The topological polar surface area (TPSA) is 96.8 Å². The van der Waals surface area contributed by atoms with Crippen molar-refractivity contribution >= 4 is 26.5 Å². The fourth-order valence-corrected chi connectivity index (χ4v) is 2.56. The molecule has 1 aromatic rings. The molecule has 0 aliphatic heterocycles. The quantitative estimate of drug-likeness (QED) is 0.449. The van der Waals surface area contributed by atoms with Gasteiger partial charge in [0.05, 0.1) is 13.2 Å². The van der Waals surface area contributed by atoms with Gasteiger partial charge in [-0.15, -0.1) is 0 Å². The van der Waals surface area contributed by atoms with Crippen molar-refractivity contribution in [3.8, 4) is 0 Å². The minimum atomic E-state index is -3.98. The second kappa shape index (κ2) is 4.30. The van der Waals surface area contributed by atoms with Crippen LogP contribution in [0.3, 0.4) is 0 Å². The molecule has 6 nitrogen and oxygen atoms in total. The zero-order valence-corrected chi connectivity index (χ0v) is 10.1. The first kappa shape index (κ1) is 12.4. The Balaban J connectivity index is 2.81. The Labute approximate surface area is 103 Å². The number of Topliss-reactive ketones (excluding diaryl/α,β-unsaturated/α-hetero) is 1. The molecule has 0 aromatic heterocycles. The molecular weight excluding hydrogens is 256 g/mol. The van der Waals surface area contributed by atoms with Gasteiger partial charge in [-0.3, -0.25) is 8.98 Å². The van der Waals surface area contributed by atoms with Gasteiger partial charge < -0.3 is 5.53 Å². The number of carbonyl (C=O) groups is 1. The van der Waals surface area contributed by atoms with Gasteiger partial charge in [0.2, 0.25) is 0 Å². The van der Waals surface area contributed by atoms with E-state index >= 15 is 0 Å². The molecule has 2 rings (SSSR count). The maximum atomic E-state index is 11.8. The predicted molar refractivity (Wildman–Crippen MR) is 63.3 cm³/mol. The highest BCUT2D eigenvalue weighted by Gasteiger charge is 2.35. The second-order valence-electron chi connectivity index (χ2n) is 3.49. The van der Waals surface area contributed by atoms with E-state index in [9.17, 15) is 13.2 Å². The molecule has 0 saturated heterocycles. The van der Waals surface area contributed by atoms with Gasteiger partial charge in [-0.05, 0) is 0 Å². The van der Waals surface area contributed by atoms with Gasteiger partial charge >= 0.3 is 5.71 Å². The van der Waals surface area contributed by atoms with Crippen molar-refractivity contribution < 1.29 is 22.2 Å². The third-order valence-corrected chi connectivity index (χ3v) is 3.85. The molecule has 92 valence electrons. The monoisotopic (exact) mass is 264 g/mol. The van der Waals surface area contributed by atoms with Gasteiger partial charge in [-0.1, -0.05) is 24.3 Å². The summed E-state index contributed by atoms with van der Waals surface area (Å²) >= 11 is 0. The largest absolute Gasteiger partial charge is 0.364 e. The Bertz CT molecular complexity index is 712. The Morgan fingerprint density at radius 2 is 1.83 bits per heavy atom. The molecule has 1 aliphatic rings. The highest BCUT2D eigenvalue weighted by Crippen LogP contribution is 2.29. The van der Waals surface area contributed by atoms with E-state index in [0.717, 1.165) is 13.2 Å². The second-order valence-corrected chi connectivity index (χ2v) is 5.17. The fraction of sp³-hybridized carbons (Fsp3) is 0.0909. The number of ketones is 1. The van der Waals surface area contributed by atoms with E-state index in [1.807, 2.05) is 0 Å². The SMILES string of the molecule is COS(=O)(=O)C1=CC(=[N+]=[N-])C(=O)c2ccccc21. The minimum Gasteiger partial charge on any atom is -0.361 e. The van der Waals surface area contributed by atoms with E-state index in [2.05, 4.69) is 8.97 Å². The molecule has 1 aromatic carbocycles. The van der Waals surface area contributed by atoms with Crippen molar-refractivity contribution in [2.24, 2.45) is 0 Å². The molecule has 0 heterocycles. The Kier molecular flexibility index (Phi) is 2.96. The molecule has 18 heavy (non-hydrogen) atoms. The summed E-state index contributed by atoms with van der Waals surface area (Å²) in [6.45, 7) is 0. The Hall–Kier alpha value is -2.08. The van der Waals surface area contributed by atoms with Crippen molar-refractivity contribution in [3.05, 3.63) is 47.0 Å². The van der Waals surface area contributed by atoms with Crippen LogP contribution in [-0.2, 0) is 14.3 Å². The van der Waals surface area contributed by atoms with E-state index < -0.39 is 15.9 Å². The highest BCUT2D eigenvalue weighted by atomic mass is 32.2. The van der Waals surface area contributed by atoms with E-state index in [1.54, 1.807) is 12.1 Å². The lowest BCUT2D eigenvalue weighted by atomic mass is 9.95. The smallest absolute Gasteiger partial charge is 0.361 e. The molecule has 1 aliphatic carbocycles. The molecule has 0 unspecified atom stereocenters. The van der Waals surface area contributed by atoms with E-state index in [0.29, 0.717) is 0 Å². The lowest BCUT2D eigenvalue weighted by Gasteiger charge is -2.13. The molecule has 0 bridgehead atoms. The van der Waals surface area contributed by atoms with Gasteiger partial charge in [0.15, 0.2) is 0 Å². The molecule has 0 N–H and O–H groups in total. The van der Waals surface area contributed by atoms with Crippen molar-refractivity contribution in [1.82, 2.24) is 0 Å². The number of carbonyl (C=O) groups excluding carboxylic acids is 1. The van der Waals surface area contributed by atoms with Gasteiger partial charge in [0.1, 0.15) is 4.91 Å². The van der Waals surface area contributed by atoms with Crippen molar-refractivity contribution in [2.75, 3.05) is 7.11 Å². The summed E-state index contributed by atoms with van der Waals surface area (Å²) in [4.78, 5) is 14.4. The zero-order chi connectivity index (χ0) is 13.3. The molecule has 0 radical (unpaired) electrons. The van der Waals surface area contributed by atoms with Crippen LogP contribution in [0.4, 0.5) is 0 Å². The average molecular weight is 264 g/mol. The first-order valence-electron chi connectivity index (χ1n) is 4.89. The predicted octanol–water partition coefficient (Wildman–Crippen LogP) is 0.871. The number of hydrogen-bond acceptors (Lipinski definition) is 4. The highest BCUT2D eigenvalue weighted by molar-refractivity contribution is 7.96. The Morgan fingerprint density at radius 3 is 2.39 bits per heavy atom. The van der Waals surface area contributed by atoms with Crippen molar-refractivity contribution in [1.29, 1.82) is 0 Å². The molecule has 0 atom stereocenters. The van der Waals surface area contributed by atoms with Crippen LogP contribution < -0.4 is 0 Å². The number of nitrogens with zero attached hydrogens (tertiary/aromatic N) is 2. The van der Waals surface area contributed by atoms with Gasteiger partial charge in [0.25, 0.3) is 15.9 Å². The van der Waals surface area contributed by atoms with E-state index in [4.69, 9.17) is 5.53 Å². The van der Waals surface area contributed by atoms with Crippen LogP contribution in [0.1, 0.15) is 15.9 Å². The molecule has 7 heteroatoms. The summed E-state index contributed by atoms with van der Waals surface area (Å²) < 4.78 is 27.9. The molecule has 0 saturated carbocycles. The third kappa shape index (κ3) is 1.80.